The molecule has 1 aliphatic carbocycles. The van der Waals surface area contributed by atoms with Crippen LogP contribution in [0.1, 0.15) is 52.5 Å². The standard InChI is InChI=1S/C18H28ClNO/c1-12(2)20-11-15-10-16(19)5-6-18(15)21-17-8-13(3)7-14(4)9-17/h5-6,10,12-14,17,20H,7-9,11H2,1-4H3. The number of ether oxygens (including phenoxy) is 1. The highest BCUT2D eigenvalue weighted by atomic mass is 35.5. The molecule has 2 rings (SSSR count). The van der Waals surface area contributed by atoms with Gasteiger partial charge in [0.25, 0.3) is 0 Å². The third-order valence-corrected chi connectivity index (χ3v) is 4.39. The molecule has 3 heteroatoms. The van der Waals surface area contributed by atoms with E-state index in [4.69, 9.17) is 16.3 Å². The van der Waals surface area contributed by atoms with Crippen LogP contribution in [0, 0.1) is 11.8 Å². The van der Waals surface area contributed by atoms with Gasteiger partial charge in [-0.15, -0.1) is 0 Å². The van der Waals surface area contributed by atoms with Gasteiger partial charge < -0.3 is 10.1 Å². The van der Waals surface area contributed by atoms with Crippen LogP contribution >= 0.6 is 11.6 Å². The van der Waals surface area contributed by atoms with Crippen molar-refractivity contribution in [3.05, 3.63) is 28.8 Å². The lowest BCUT2D eigenvalue weighted by atomic mass is 9.82. The molecule has 0 saturated heterocycles. The molecule has 2 atom stereocenters. The van der Waals surface area contributed by atoms with E-state index < -0.39 is 0 Å². The molecule has 1 saturated carbocycles. The fourth-order valence-electron chi connectivity index (χ4n) is 3.26. The van der Waals surface area contributed by atoms with E-state index in [-0.39, 0.29) is 0 Å². The summed E-state index contributed by atoms with van der Waals surface area (Å²) in [5, 5.41) is 4.22. The highest BCUT2D eigenvalue weighted by Gasteiger charge is 2.25. The summed E-state index contributed by atoms with van der Waals surface area (Å²) in [7, 11) is 0. The van der Waals surface area contributed by atoms with E-state index in [2.05, 4.69) is 33.0 Å². The van der Waals surface area contributed by atoms with Crippen LogP contribution in [0.5, 0.6) is 5.75 Å². The van der Waals surface area contributed by atoms with Crippen LogP contribution in [0.2, 0.25) is 5.02 Å². The molecule has 0 bridgehead atoms. The second kappa shape index (κ2) is 7.51. The van der Waals surface area contributed by atoms with Crippen LogP contribution in [-0.2, 0) is 6.54 Å². The minimum Gasteiger partial charge on any atom is -0.490 e. The molecule has 0 heterocycles. The Morgan fingerprint density at radius 2 is 1.86 bits per heavy atom. The van der Waals surface area contributed by atoms with Crippen molar-refractivity contribution in [1.29, 1.82) is 0 Å². The molecule has 1 aliphatic rings. The van der Waals surface area contributed by atoms with Crippen LogP contribution in [-0.4, -0.2) is 12.1 Å². The van der Waals surface area contributed by atoms with Gasteiger partial charge in [-0.25, -0.2) is 0 Å². The predicted molar refractivity (Wildman–Crippen MR) is 90.0 cm³/mol. The minimum absolute atomic E-state index is 0.336. The summed E-state index contributed by atoms with van der Waals surface area (Å²) in [6.07, 6.45) is 3.97. The van der Waals surface area contributed by atoms with Crippen molar-refractivity contribution in [3.8, 4) is 5.75 Å². The van der Waals surface area contributed by atoms with E-state index >= 15 is 0 Å². The molecule has 0 aliphatic heterocycles. The Morgan fingerprint density at radius 1 is 1.19 bits per heavy atom. The Balaban J connectivity index is 2.07. The summed E-state index contributed by atoms with van der Waals surface area (Å²) in [4.78, 5) is 0. The monoisotopic (exact) mass is 309 g/mol. The third kappa shape index (κ3) is 5.19. The molecule has 1 aromatic rings. The number of hydrogen-bond donors (Lipinski definition) is 1. The van der Waals surface area contributed by atoms with Gasteiger partial charge in [-0.05, 0) is 49.3 Å². The Bertz CT molecular complexity index is 451. The SMILES string of the molecule is CC1CC(C)CC(Oc2ccc(Cl)cc2CNC(C)C)C1. The van der Waals surface area contributed by atoms with Crippen molar-refractivity contribution in [1.82, 2.24) is 5.32 Å². The van der Waals surface area contributed by atoms with E-state index in [1.54, 1.807) is 0 Å². The molecular formula is C18H28ClNO. The summed E-state index contributed by atoms with van der Waals surface area (Å²) in [6, 6.07) is 6.41. The fraction of sp³-hybridized carbons (Fsp3) is 0.667. The van der Waals surface area contributed by atoms with Crippen LogP contribution in [0.3, 0.4) is 0 Å². The molecule has 21 heavy (non-hydrogen) atoms. The van der Waals surface area contributed by atoms with Gasteiger partial charge in [0.2, 0.25) is 0 Å². The van der Waals surface area contributed by atoms with Crippen LogP contribution in [0.15, 0.2) is 18.2 Å². The first kappa shape index (κ1) is 16.6. The maximum absolute atomic E-state index is 6.32. The molecule has 1 fully saturated rings. The molecule has 118 valence electrons. The summed E-state index contributed by atoms with van der Waals surface area (Å²) >= 11 is 6.14. The van der Waals surface area contributed by atoms with E-state index in [1.165, 1.54) is 6.42 Å². The Labute approximate surface area is 134 Å². The van der Waals surface area contributed by atoms with E-state index in [1.807, 2.05) is 18.2 Å². The lowest BCUT2D eigenvalue weighted by Crippen LogP contribution is -2.29. The Hall–Kier alpha value is -0.730. The first-order chi connectivity index (χ1) is 9.94. The zero-order chi connectivity index (χ0) is 15.4. The molecule has 0 amide bonds. The molecule has 1 N–H and O–H groups in total. The average molecular weight is 310 g/mol. The van der Waals surface area contributed by atoms with Crippen molar-refractivity contribution in [2.45, 2.75) is 65.6 Å². The summed E-state index contributed by atoms with van der Waals surface area (Å²) < 4.78 is 6.32. The van der Waals surface area contributed by atoms with Gasteiger partial charge in [0.15, 0.2) is 0 Å². The maximum atomic E-state index is 6.32. The number of hydrogen-bond acceptors (Lipinski definition) is 2. The molecule has 0 aromatic heterocycles. The predicted octanol–water partition coefficient (Wildman–Crippen LogP) is 5.04. The van der Waals surface area contributed by atoms with Crippen LogP contribution in [0.25, 0.3) is 0 Å². The number of nitrogens with one attached hydrogen (secondary N) is 1. The minimum atomic E-state index is 0.336. The second-order valence-corrected chi connectivity index (χ2v) is 7.38. The van der Waals surface area contributed by atoms with Crippen LogP contribution in [0.4, 0.5) is 0 Å². The van der Waals surface area contributed by atoms with Crippen LogP contribution < -0.4 is 10.1 Å². The average Bonchev–Trinajstić information content (AvgIpc) is 2.37. The highest BCUT2D eigenvalue weighted by molar-refractivity contribution is 6.30. The Morgan fingerprint density at radius 3 is 2.48 bits per heavy atom. The molecular weight excluding hydrogens is 282 g/mol. The van der Waals surface area contributed by atoms with Crippen molar-refractivity contribution < 1.29 is 4.74 Å². The molecule has 2 unspecified atom stereocenters. The summed E-state index contributed by atoms with van der Waals surface area (Å²) in [5.74, 6) is 2.49. The molecule has 0 radical (unpaired) electrons. The van der Waals surface area contributed by atoms with Crippen molar-refractivity contribution >= 4 is 11.6 Å². The quantitative estimate of drug-likeness (QED) is 0.822. The smallest absolute Gasteiger partial charge is 0.124 e. The van der Waals surface area contributed by atoms with E-state index in [0.717, 1.165) is 47.6 Å². The second-order valence-electron chi connectivity index (χ2n) is 6.94. The molecule has 0 spiro atoms. The number of benzene rings is 1. The lowest BCUT2D eigenvalue weighted by molar-refractivity contribution is 0.0999. The topological polar surface area (TPSA) is 21.3 Å². The zero-order valence-electron chi connectivity index (χ0n) is 13.7. The first-order valence-electron chi connectivity index (χ1n) is 8.12. The van der Waals surface area contributed by atoms with Gasteiger partial charge in [-0.3, -0.25) is 0 Å². The van der Waals surface area contributed by atoms with Gasteiger partial charge in [0.1, 0.15) is 5.75 Å². The Kier molecular flexibility index (Phi) is 5.95. The van der Waals surface area contributed by atoms with E-state index in [9.17, 15) is 0 Å². The van der Waals surface area contributed by atoms with Gasteiger partial charge in [-0.2, -0.15) is 0 Å². The summed E-state index contributed by atoms with van der Waals surface area (Å²) in [6.45, 7) is 9.75. The van der Waals surface area contributed by atoms with Crippen molar-refractivity contribution in [2.75, 3.05) is 0 Å². The maximum Gasteiger partial charge on any atom is 0.124 e. The number of halogens is 1. The number of rotatable bonds is 5. The van der Waals surface area contributed by atoms with Crippen molar-refractivity contribution in [3.63, 3.8) is 0 Å². The van der Waals surface area contributed by atoms with Gasteiger partial charge in [0, 0.05) is 23.2 Å². The zero-order valence-corrected chi connectivity index (χ0v) is 14.4. The van der Waals surface area contributed by atoms with E-state index in [0.29, 0.717) is 12.1 Å². The summed E-state index contributed by atoms with van der Waals surface area (Å²) in [5.41, 5.74) is 1.15. The fourth-order valence-corrected chi connectivity index (χ4v) is 3.46. The molecule has 1 aromatic carbocycles. The van der Waals surface area contributed by atoms with Gasteiger partial charge in [0.05, 0.1) is 6.10 Å². The lowest BCUT2D eigenvalue weighted by Gasteiger charge is -2.32. The first-order valence-corrected chi connectivity index (χ1v) is 8.50. The molecule has 2 nitrogen and oxygen atoms in total. The third-order valence-electron chi connectivity index (χ3n) is 4.15. The van der Waals surface area contributed by atoms with Gasteiger partial charge >= 0.3 is 0 Å². The highest BCUT2D eigenvalue weighted by Crippen LogP contribution is 2.33. The normalized spacial score (nSPS) is 26.1. The van der Waals surface area contributed by atoms with Crippen molar-refractivity contribution in [2.24, 2.45) is 11.8 Å². The largest absolute Gasteiger partial charge is 0.490 e. The van der Waals surface area contributed by atoms with Gasteiger partial charge in [-0.1, -0.05) is 39.3 Å².